The normalized spacial score (nSPS) is 13.3. The van der Waals surface area contributed by atoms with E-state index in [1.165, 1.54) is 16.7 Å². The monoisotopic (exact) mass is 373 g/mol. The number of fused-ring (bicyclic) bond motifs is 1. The summed E-state index contributed by atoms with van der Waals surface area (Å²) in [6.45, 7) is 1.38. The van der Waals surface area contributed by atoms with E-state index >= 15 is 0 Å². The van der Waals surface area contributed by atoms with Crippen LogP contribution in [0.3, 0.4) is 0 Å². The average Bonchev–Trinajstić information content (AvgIpc) is 2.72. The Bertz CT molecular complexity index is 975. The van der Waals surface area contributed by atoms with Crippen LogP contribution in [0.25, 0.3) is 6.08 Å². The van der Waals surface area contributed by atoms with Crippen molar-refractivity contribution in [1.82, 2.24) is 0 Å². The highest BCUT2D eigenvalue weighted by atomic mass is 35.5. The maximum Gasteiger partial charge on any atom is 0.120 e. The lowest BCUT2D eigenvalue weighted by Gasteiger charge is -2.16. The second kappa shape index (κ2) is 8.24. The lowest BCUT2D eigenvalue weighted by molar-refractivity contribution is 0.306. The summed E-state index contributed by atoms with van der Waals surface area (Å²) in [5.74, 6) is 0.903. The lowest BCUT2D eigenvalue weighted by Crippen LogP contribution is -2.11. The van der Waals surface area contributed by atoms with Gasteiger partial charge in [0.1, 0.15) is 12.4 Å². The van der Waals surface area contributed by atoms with Crippen LogP contribution in [0.1, 0.15) is 22.3 Å². The summed E-state index contributed by atoms with van der Waals surface area (Å²) >= 11 is 5.95. The van der Waals surface area contributed by atoms with Crippen LogP contribution in [0.5, 0.6) is 5.75 Å². The van der Waals surface area contributed by atoms with Crippen molar-refractivity contribution in [3.8, 4) is 5.75 Å². The molecule has 27 heavy (non-hydrogen) atoms. The zero-order valence-electron chi connectivity index (χ0n) is 14.9. The number of allylic oxidation sites excluding steroid dienone is 1. The van der Waals surface area contributed by atoms with Gasteiger partial charge < -0.3 is 4.74 Å². The molecule has 4 rings (SSSR count). The molecule has 134 valence electrons. The number of benzene rings is 3. The number of nitrogens with zero attached hydrogens (tertiary/aromatic N) is 1. The summed E-state index contributed by atoms with van der Waals surface area (Å²) in [6, 6.07) is 24.3. The fourth-order valence-electron chi connectivity index (χ4n) is 3.13. The minimum absolute atomic E-state index is 0.580. The zero-order chi connectivity index (χ0) is 18.5. The summed E-state index contributed by atoms with van der Waals surface area (Å²) < 4.78 is 5.96. The van der Waals surface area contributed by atoms with Crippen LogP contribution in [0.4, 0.5) is 0 Å². The molecule has 0 radical (unpaired) electrons. The quantitative estimate of drug-likeness (QED) is 0.539. The second-order valence-corrected chi connectivity index (χ2v) is 6.93. The highest BCUT2D eigenvalue weighted by molar-refractivity contribution is 6.30. The van der Waals surface area contributed by atoms with E-state index < -0.39 is 0 Å². The first kappa shape index (κ1) is 17.6. The van der Waals surface area contributed by atoms with Crippen LogP contribution in [0.15, 0.2) is 83.9 Å². The van der Waals surface area contributed by atoms with Gasteiger partial charge in [0.25, 0.3) is 0 Å². The third kappa shape index (κ3) is 4.47. The van der Waals surface area contributed by atoms with E-state index in [-0.39, 0.29) is 0 Å². The number of ether oxygens (including phenoxy) is 1. The zero-order valence-corrected chi connectivity index (χ0v) is 15.7. The Morgan fingerprint density at radius 3 is 2.56 bits per heavy atom. The summed E-state index contributed by atoms with van der Waals surface area (Å²) in [5.41, 5.74) is 5.76. The van der Waals surface area contributed by atoms with E-state index in [0.717, 1.165) is 35.0 Å². The molecule has 0 aromatic heterocycles. The molecule has 0 aliphatic carbocycles. The van der Waals surface area contributed by atoms with Crippen molar-refractivity contribution in [2.24, 2.45) is 4.99 Å². The molecule has 0 unspecified atom stereocenters. The minimum atomic E-state index is 0.580. The van der Waals surface area contributed by atoms with Crippen LogP contribution >= 0.6 is 11.6 Å². The van der Waals surface area contributed by atoms with Crippen molar-refractivity contribution in [2.45, 2.75) is 13.0 Å². The van der Waals surface area contributed by atoms with E-state index in [1.807, 2.05) is 48.5 Å². The molecule has 3 heteroatoms. The summed E-state index contributed by atoms with van der Waals surface area (Å²) in [7, 11) is 0. The van der Waals surface area contributed by atoms with Crippen molar-refractivity contribution in [1.29, 1.82) is 0 Å². The third-order valence-corrected chi connectivity index (χ3v) is 4.82. The van der Waals surface area contributed by atoms with Gasteiger partial charge in [0.2, 0.25) is 0 Å². The molecule has 3 aromatic carbocycles. The lowest BCUT2D eigenvalue weighted by atomic mass is 9.96. The van der Waals surface area contributed by atoms with Crippen molar-refractivity contribution in [2.75, 3.05) is 6.54 Å². The van der Waals surface area contributed by atoms with Crippen molar-refractivity contribution < 1.29 is 4.74 Å². The Hall–Kier alpha value is -2.84. The fraction of sp³-hybridized carbons (Fsp3) is 0.125. The van der Waals surface area contributed by atoms with Gasteiger partial charge in [0, 0.05) is 17.1 Å². The molecule has 0 N–H and O–H groups in total. The van der Waals surface area contributed by atoms with Crippen molar-refractivity contribution >= 4 is 23.4 Å². The number of rotatable bonds is 5. The maximum absolute atomic E-state index is 5.96. The van der Waals surface area contributed by atoms with Crippen LogP contribution < -0.4 is 4.74 Å². The molecule has 2 nitrogen and oxygen atoms in total. The first-order chi connectivity index (χ1) is 13.3. The van der Waals surface area contributed by atoms with Gasteiger partial charge in [-0.1, -0.05) is 60.1 Å². The molecule has 0 bridgehead atoms. The summed E-state index contributed by atoms with van der Waals surface area (Å²) in [4.78, 5) is 4.69. The molecule has 0 atom stereocenters. The summed E-state index contributed by atoms with van der Waals surface area (Å²) in [6.07, 6.45) is 5.09. The number of hydrogen-bond donors (Lipinski definition) is 0. The molecular formula is C24H20ClNO. The van der Waals surface area contributed by atoms with E-state index in [1.54, 1.807) is 0 Å². The van der Waals surface area contributed by atoms with Crippen LogP contribution in [-0.4, -0.2) is 12.3 Å². The Morgan fingerprint density at radius 2 is 1.74 bits per heavy atom. The fourth-order valence-corrected chi connectivity index (χ4v) is 3.26. The topological polar surface area (TPSA) is 21.6 Å². The van der Waals surface area contributed by atoms with Gasteiger partial charge in [0.15, 0.2) is 0 Å². The number of hydrogen-bond acceptors (Lipinski definition) is 2. The SMILES string of the molecule is Clc1ccc(C=CC2=NCCc3cc(OCc4ccccc4)ccc32)cc1. The average molecular weight is 374 g/mol. The van der Waals surface area contributed by atoms with E-state index in [4.69, 9.17) is 16.3 Å². The molecule has 0 amide bonds. The van der Waals surface area contributed by atoms with Gasteiger partial charge >= 0.3 is 0 Å². The van der Waals surface area contributed by atoms with E-state index in [2.05, 4.69) is 41.4 Å². The maximum atomic E-state index is 5.96. The highest BCUT2D eigenvalue weighted by Crippen LogP contribution is 2.24. The predicted molar refractivity (Wildman–Crippen MR) is 113 cm³/mol. The first-order valence-corrected chi connectivity index (χ1v) is 9.44. The van der Waals surface area contributed by atoms with Gasteiger partial charge in [-0.15, -0.1) is 0 Å². The van der Waals surface area contributed by atoms with Crippen LogP contribution in [-0.2, 0) is 13.0 Å². The number of aliphatic imine (C=N–C) groups is 1. The largest absolute Gasteiger partial charge is 0.489 e. The third-order valence-electron chi connectivity index (χ3n) is 4.57. The van der Waals surface area contributed by atoms with Crippen LogP contribution in [0.2, 0.25) is 5.02 Å². The Morgan fingerprint density at radius 1 is 0.926 bits per heavy atom. The second-order valence-electron chi connectivity index (χ2n) is 6.50. The van der Waals surface area contributed by atoms with E-state index in [9.17, 15) is 0 Å². The molecule has 0 spiro atoms. The summed E-state index contributed by atoms with van der Waals surface area (Å²) in [5, 5.41) is 0.746. The molecule has 0 saturated carbocycles. The highest BCUT2D eigenvalue weighted by Gasteiger charge is 2.13. The first-order valence-electron chi connectivity index (χ1n) is 9.06. The smallest absolute Gasteiger partial charge is 0.120 e. The van der Waals surface area contributed by atoms with Gasteiger partial charge in [0.05, 0.1) is 5.71 Å². The Balaban J connectivity index is 1.49. The van der Waals surface area contributed by atoms with Crippen molar-refractivity contribution in [3.63, 3.8) is 0 Å². The Labute approximate surface area is 164 Å². The molecule has 1 aliphatic heterocycles. The molecule has 1 aliphatic rings. The van der Waals surface area contributed by atoms with Crippen molar-refractivity contribution in [3.05, 3.63) is 106 Å². The van der Waals surface area contributed by atoms with Gasteiger partial charge in [-0.25, -0.2) is 0 Å². The van der Waals surface area contributed by atoms with Gasteiger partial charge in [-0.05, 0) is 59.5 Å². The predicted octanol–water partition coefficient (Wildman–Crippen LogP) is 5.98. The van der Waals surface area contributed by atoms with Gasteiger partial charge in [-0.2, -0.15) is 0 Å². The molecule has 0 saturated heterocycles. The molecule has 3 aromatic rings. The molecule has 1 heterocycles. The molecule has 0 fully saturated rings. The van der Waals surface area contributed by atoms with E-state index in [0.29, 0.717) is 6.61 Å². The molecular weight excluding hydrogens is 354 g/mol. The Kier molecular flexibility index (Phi) is 5.36. The van der Waals surface area contributed by atoms with Gasteiger partial charge in [-0.3, -0.25) is 4.99 Å². The number of halogens is 1. The van der Waals surface area contributed by atoms with Crippen LogP contribution in [0, 0.1) is 0 Å². The minimum Gasteiger partial charge on any atom is -0.489 e. The standard InChI is InChI=1S/C24H20ClNO/c25-21-9-6-18(7-10-21)8-13-24-23-12-11-22(16-20(23)14-15-26-24)27-17-19-4-2-1-3-5-19/h1-13,16H,14-15,17H2.